The van der Waals surface area contributed by atoms with Crippen LogP contribution in [0.1, 0.15) is 50.2 Å². The van der Waals surface area contributed by atoms with Gasteiger partial charge < -0.3 is 5.73 Å². The van der Waals surface area contributed by atoms with Gasteiger partial charge in [-0.2, -0.15) is 5.10 Å². The fourth-order valence-electron chi connectivity index (χ4n) is 4.35. The molecule has 8 heteroatoms. The Hall–Kier alpha value is -3.00. The molecule has 7 nitrogen and oxygen atoms in total. The standard InChI is InChI=1S/C26H31ClN6O/c1-4-22(32(17-26(2,3)28)15-19-10-12-20(27)13-11-19)24-30-23-21(14-29-31-23)25(34)33(24)16-18-8-6-5-7-9-18/h5-14,22H,4,15-17,28H2,1-3H3,(H,29,31). The third kappa shape index (κ3) is 5.55. The third-order valence-electron chi connectivity index (χ3n) is 5.82. The number of H-pyrrole nitrogens is 1. The maximum Gasteiger partial charge on any atom is 0.265 e. The predicted molar refractivity (Wildman–Crippen MR) is 137 cm³/mol. The van der Waals surface area contributed by atoms with Crippen LogP contribution in [0.4, 0.5) is 0 Å². The zero-order valence-corrected chi connectivity index (χ0v) is 20.6. The second-order valence-corrected chi connectivity index (χ2v) is 9.86. The second-order valence-electron chi connectivity index (χ2n) is 9.42. The van der Waals surface area contributed by atoms with Gasteiger partial charge in [0.15, 0.2) is 5.65 Å². The molecule has 0 aliphatic rings. The second kappa shape index (κ2) is 10.1. The SMILES string of the molecule is CCC(c1nc2[nH]ncc2c(=O)n1Cc1ccccc1)N(Cc1ccc(Cl)cc1)CC(C)(C)N. The van der Waals surface area contributed by atoms with E-state index in [-0.39, 0.29) is 11.6 Å². The first kappa shape index (κ1) is 24.1. The minimum Gasteiger partial charge on any atom is -0.324 e. The largest absolute Gasteiger partial charge is 0.324 e. The number of nitrogens with one attached hydrogen (secondary N) is 1. The molecule has 2 aromatic carbocycles. The van der Waals surface area contributed by atoms with Crippen LogP contribution in [-0.2, 0) is 13.1 Å². The van der Waals surface area contributed by atoms with E-state index >= 15 is 0 Å². The molecule has 0 fully saturated rings. The summed E-state index contributed by atoms with van der Waals surface area (Å²) in [6.07, 6.45) is 2.30. The van der Waals surface area contributed by atoms with E-state index in [1.54, 1.807) is 10.8 Å². The summed E-state index contributed by atoms with van der Waals surface area (Å²) in [6.45, 7) is 7.84. The van der Waals surface area contributed by atoms with E-state index in [4.69, 9.17) is 22.3 Å². The molecule has 0 saturated carbocycles. The molecule has 2 aromatic heterocycles. The third-order valence-corrected chi connectivity index (χ3v) is 6.07. The number of aromatic nitrogens is 4. The van der Waals surface area contributed by atoms with E-state index in [2.05, 4.69) is 22.0 Å². The average molecular weight is 479 g/mol. The Bertz CT molecular complexity index is 1290. The van der Waals surface area contributed by atoms with Crippen molar-refractivity contribution in [2.24, 2.45) is 5.73 Å². The summed E-state index contributed by atoms with van der Waals surface area (Å²) in [7, 11) is 0. The number of aromatic amines is 1. The van der Waals surface area contributed by atoms with E-state index < -0.39 is 5.54 Å². The summed E-state index contributed by atoms with van der Waals surface area (Å²) < 4.78 is 1.78. The van der Waals surface area contributed by atoms with Crippen LogP contribution in [-0.4, -0.2) is 36.7 Å². The summed E-state index contributed by atoms with van der Waals surface area (Å²) in [4.78, 5) is 20.8. The zero-order chi connectivity index (χ0) is 24.3. The van der Waals surface area contributed by atoms with E-state index in [0.717, 1.165) is 17.5 Å². The molecule has 1 atom stereocenters. The van der Waals surface area contributed by atoms with Gasteiger partial charge in [-0.1, -0.05) is 61.0 Å². The molecular formula is C26H31ClN6O. The Labute approximate surface area is 204 Å². The van der Waals surface area contributed by atoms with Gasteiger partial charge in [0.25, 0.3) is 5.56 Å². The van der Waals surface area contributed by atoms with Crippen molar-refractivity contribution in [1.82, 2.24) is 24.6 Å². The van der Waals surface area contributed by atoms with Crippen LogP contribution >= 0.6 is 11.6 Å². The lowest BCUT2D eigenvalue weighted by Crippen LogP contribution is -2.47. The number of nitrogens with two attached hydrogens (primary N) is 1. The lowest BCUT2D eigenvalue weighted by atomic mass is 10.0. The predicted octanol–water partition coefficient (Wildman–Crippen LogP) is 4.51. The van der Waals surface area contributed by atoms with Crippen molar-refractivity contribution in [3.8, 4) is 0 Å². The van der Waals surface area contributed by atoms with E-state index in [1.807, 2.05) is 68.4 Å². The minimum atomic E-state index is -0.442. The molecule has 0 radical (unpaired) electrons. The van der Waals surface area contributed by atoms with Gasteiger partial charge in [0, 0.05) is 23.7 Å². The number of halogens is 1. The molecule has 34 heavy (non-hydrogen) atoms. The first-order chi connectivity index (χ1) is 16.2. The Morgan fingerprint density at radius 2 is 1.82 bits per heavy atom. The lowest BCUT2D eigenvalue weighted by molar-refractivity contribution is 0.141. The summed E-state index contributed by atoms with van der Waals surface area (Å²) >= 11 is 6.11. The highest BCUT2D eigenvalue weighted by Crippen LogP contribution is 2.27. The number of fused-ring (bicyclic) bond motifs is 1. The quantitative estimate of drug-likeness (QED) is 0.369. The lowest BCUT2D eigenvalue weighted by Gasteiger charge is -2.36. The van der Waals surface area contributed by atoms with Crippen LogP contribution < -0.4 is 11.3 Å². The number of hydrogen-bond acceptors (Lipinski definition) is 5. The van der Waals surface area contributed by atoms with Crippen LogP contribution in [0.5, 0.6) is 0 Å². The number of benzene rings is 2. The van der Waals surface area contributed by atoms with Gasteiger partial charge in [-0.15, -0.1) is 0 Å². The molecule has 1 unspecified atom stereocenters. The van der Waals surface area contributed by atoms with Crippen molar-refractivity contribution < 1.29 is 0 Å². The van der Waals surface area contributed by atoms with E-state index in [1.165, 1.54) is 0 Å². The Balaban J connectivity index is 1.82. The van der Waals surface area contributed by atoms with Gasteiger partial charge in [0.05, 0.1) is 18.8 Å². The fourth-order valence-corrected chi connectivity index (χ4v) is 4.47. The highest BCUT2D eigenvalue weighted by Gasteiger charge is 2.29. The Morgan fingerprint density at radius 1 is 1.12 bits per heavy atom. The van der Waals surface area contributed by atoms with E-state index in [9.17, 15) is 4.79 Å². The number of nitrogens with zero attached hydrogens (tertiary/aromatic N) is 4. The van der Waals surface area contributed by atoms with Gasteiger partial charge >= 0.3 is 0 Å². The normalized spacial score (nSPS) is 13.0. The topological polar surface area (TPSA) is 92.8 Å². The molecule has 0 amide bonds. The molecule has 0 aliphatic carbocycles. The molecule has 4 rings (SSSR count). The highest BCUT2D eigenvalue weighted by molar-refractivity contribution is 6.30. The van der Waals surface area contributed by atoms with Crippen LogP contribution in [0.25, 0.3) is 11.0 Å². The molecule has 0 aliphatic heterocycles. The van der Waals surface area contributed by atoms with Gasteiger partial charge in [-0.3, -0.25) is 19.4 Å². The van der Waals surface area contributed by atoms with E-state index in [0.29, 0.717) is 41.5 Å². The Morgan fingerprint density at radius 3 is 2.47 bits per heavy atom. The van der Waals surface area contributed by atoms with Gasteiger partial charge in [0.2, 0.25) is 0 Å². The van der Waals surface area contributed by atoms with Crippen molar-refractivity contribution in [2.45, 2.75) is 51.9 Å². The van der Waals surface area contributed by atoms with Gasteiger partial charge in [0.1, 0.15) is 11.2 Å². The maximum absolute atomic E-state index is 13.5. The summed E-state index contributed by atoms with van der Waals surface area (Å²) in [5, 5.41) is 8.13. The fraction of sp³-hybridized carbons (Fsp3) is 0.346. The van der Waals surface area contributed by atoms with Crippen molar-refractivity contribution in [3.63, 3.8) is 0 Å². The summed E-state index contributed by atoms with van der Waals surface area (Å²) in [5.74, 6) is 0.700. The van der Waals surface area contributed by atoms with Crippen molar-refractivity contribution in [1.29, 1.82) is 0 Å². The van der Waals surface area contributed by atoms with Crippen LogP contribution in [0, 0.1) is 0 Å². The number of hydrogen-bond donors (Lipinski definition) is 2. The average Bonchev–Trinajstić information content (AvgIpc) is 3.27. The van der Waals surface area contributed by atoms with Crippen molar-refractivity contribution in [2.75, 3.05) is 6.54 Å². The first-order valence-electron chi connectivity index (χ1n) is 11.5. The van der Waals surface area contributed by atoms with Crippen LogP contribution in [0.3, 0.4) is 0 Å². The van der Waals surface area contributed by atoms with Gasteiger partial charge in [-0.25, -0.2) is 4.98 Å². The zero-order valence-electron chi connectivity index (χ0n) is 19.8. The molecule has 3 N–H and O–H groups in total. The monoisotopic (exact) mass is 478 g/mol. The number of rotatable bonds is 9. The molecule has 2 heterocycles. The molecule has 0 saturated heterocycles. The molecule has 178 valence electrons. The minimum absolute atomic E-state index is 0.102. The van der Waals surface area contributed by atoms with Crippen molar-refractivity contribution >= 4 is 22.6 Å². The molecule has 4 aromatic rings. The smallest absolute Gasteiger partial charge is 0.265 e. The highest BCUT2D eigenvalue weighted by atomic mass is 35.5. The van der Waals surface area contributed by atoms with Crippen LogP contribution in [0.2, 0.25) is 5.02 Å². The molecule has 0 spiro atoms. The summed E-state index contributed by atoms with van der Waals surface area (Å²) in [5.41, 5.74) is 8.59. The molecular weight excluding hydrogens is 448 g/mol. The summed E-state index contributed by atoms with van der Waals surface area (Å²) in [6, 6.07) is 17.7. The van der Waals surface area contributed by atoms with Gasteiger partial charge in [-0.05, 0) is 43.5 Å². The first-order valence-corrected chi connectivity index (χ1v) is 11.9. The van der Waals surface area contributed by atoms with Crippen molar-refractivity contribution in [3.05, 3.63) is 93.1 Å². The van der Waals surface area contributed by atoms with Crippen LogP contribution in [0.15, 0.2) is 65.6 Å². The maximum atomic E-state index is 13.5. The molecule has 0 bridgehead atoms. The Kier molecular flexibility index (Phi) is 7.16.